The number of carbonyl (C=O) groups is 1. The zero-order valence-electron chi connectivity index (χ0n) is 10.4. The second-order valence-electron chi connectivity index (χ2n) is 4.31. The second-order valence-corrected chi connectivity index (χ2v) is 4.31. The van der Waals surface area contributed by atoms with E-state index in [2.05, 4.69) is 23.5 Å². The molecular weight excluding hydrogens is 242 g/mol. The van der Waals surface area contributed by atoms with Gasteiger partial charge in [-0.2, -0.15) is 0 Å². The van der Waals surface area contributed by atoms with Gasteiger partial charge in [0, 0.05) is 25.7 Å². The summed E-state index contributed by atoms with van der Waals surface area (Å²) in [5.74, 6) is 0.292. The lowest BCUT2D eigenvalue weighted by Gasteiger charge is -2.20. The minimum absolute atomic E-state index is 0. The summed E-state index contributed by atoms with van der Waals surface area (Å²) in [5.41, 5.74) is 6.25. The normalized spacial score (nSPS) is 12.1. The van der Waals surface area contributed by atoms with E-state index in [0.717, 1.165) is 6.42 Å². The van der Waals surface area contributed by atoms with Gasteiger partial charge >= 0.3 is 0 Å². The van der Waals surface area contributed by atoms with Crippen molar-refractivity contribution in [1.82, 2.24) is 10.1 Å². The number of aromatic nitrogens is 1. The van der Waals surface area contributed by atoms with Crippen molar-refractivity contribution in [1.29, 1.82) is 0 Å². The molecule has 17 heavy (non-hydrogen) atoms. The van der Waals surface area contributed by atoms with E-state index >= 15 is 0 Å². The first kappa shape index (κ1) is 15.9. The number of halogens is 1. The smallest absolute Gasteiger partial charge is 0.275 e. The highest BCUT2D eigenvalue weighted by atomic mass is 35.5. The number of nitrogens with zero attached hydrogens (tertiary/aromatic N) is 2. The number of rotatable bonds is 5. The summed E-state index contributed by atoms with van der Waals surface area (Å²) in [6, 6.07) is 1.67. The Morgan fingerprint density at radius 3 is 2.71 bits per heavy atom. The van der Waals surface area contributed by atoms with Gasteiger partial charge in [-0.3, -0.25) is 4.79 Å². The van der Waals surface area contributed by atoms with Gasteiger partial charge in [0.15, 0.2) is 5.69 Å². The highest BCUT2D eigenvalue weighted by molar-refractivity contribution is 5.91. The van der Waals surface area contributed by atoms with E-state index in [1.807, 2.05) is 0 Å². The van der Waals surface area contributed by atoms with Gasteiger partial charge in [-0.05, 0) is 12.3 Å². The Labute approximate surface area is 108 Å². The summed E-state index contributed by atoms with van der Waals surface area (Å²) in [4.78, 5) is 13.4. The van der Waals surface area contributed by atoms with Crippen LogP contribution in [-0.4, -0.2) is 35.6 Å². The molecule has 0 fully saturated rings. The van der Waals surface area contributed by atoms with Crippen molar-refractivity contribution in [3.05, 3.63) is 18.0 Å². The highest BCUT2D eigenvalue weighted by Crippen LogP contribution is 2.06. The quantitative estimate of drug-likeness (QED) is 0.873. The molecule has 1 heterocycles. The van der Waals surface area contributed by atoms with Crippen LogP contribution in [0.2, 0.25) is 0 Å². The van der Waals surface area contributed by atoms with Crippen molar-refractivity contribution in [3.8, 4) is 0 Å². The zero-order chi connectivity index (χ0) is 12.1. The van der Waals surface area contributed by atoms with Crippen LogP contribution in [0.15, 0.2) is 16.9 Å². The molecule has 0 spiro atoms. The lowest BCUT2D eigenvalue weighted by Crippen LogP contribution is -2.34. The lowest BCUT2D eigenvalue weighted by atomic mass is 10.0. The third kappa shape index (κ3) is 4.75. The molecule has 0 aliphatic rings. The van der Waals surface area contributed by atoms with E-state index in [4.69, 9.17) is 5.73 Å². The maximum atomic E-state index is 11.8. The van der Waals surface area contributed by atoms with E-state index in [9.17, 15) is 4.79 Å². The lowest BCUT2D eigenvalue weighted by molar-refractivity contribution is 0.0779. The third-order valence-corrected chi connectivity index (χ3v) is 2.66. The summed E-state index contributed by atoms with van der Waals surface area (Å²) < 4.78 is 4.63. The summed E-state index contributed by atoms with van der Waals surface area (Å²) >= 11 is 0. The molecule has 1 unspecified atom stereocenters. The van der Waals surface area contributed by atoms with Crippen molar-refractivity contribution >= 4 is 18.3 Å². The predicted molar refractivity (Wildman–Crippen MR) is 68.1 cm³/mol. The van der Waals surface area contributed by atoms with Crippen molar-refractivity contribution in [2.24, 2.45) is 11.7 Å². The fourth-order valence-corrected chi connectivity index (χ4v) is 1.30. The van der Waals surface area contributed by atoms with Crippen LogP contribution in [0.1, 0.15) is 30.8 Å². The third-order valence-electron chi connectivity index (χ3n) is 2.66. The first-order valence-corrected chi connectivity index (χ1v) is 5.43. The molecule has 2 N–H and O–H groups in total. The van der Waals surface area contributed by atoms with Crippen molar-refractivity contribution in [2.75, 3.05) is 13.6 Å². The molecule has 1 amide bonds. The summed E-state index contributed by atoms with van der Waals surface area (Å²) in [7, 11) is 1.74. The molecule has 0 aliphatic carbocycles. The number of carbonyl (C=O) groups excluding carboxylic acids is 1. The molecule has 0 bridgehead atoms. The Balaban J connectivity index is 0.00000256. The fourth-order valence-electron chi connectivity index (χ4n) is 1.30. The first-order valence-electron chi connectivity index (χ1n) is 5.43. The molecule has 0 saturated heterocycles. The Kier molecular flexibility index (Phi) is 6.83. The Bertz CT molecular complexity index is 327. The molecule has 6 heteroatoms. The van der Waals surface area contributed by atoms with E-state index in [0.29, 0.717) is 18.2 Å². The minimum atomic E-state index is -0.135. The van der Waals surface area contributed by atoms with Crippen molar-refractivity contribution in [2.45, 2.75) is 26.3 Å². The Hall–Kier alpha value is -1.07. The number of hydrogen-bond donors (Lipinski definition) is 1. The molecule has 1 atom stereocenters. The van der Waals surface area contributed by atoms with Gasteiger partial charge in [-0.15, -0.1) is 12.4 Å². The molecule has 98 valence electrons. The van der Waals surface area contributed by atoms with Gasteiger partial charge in [-0.25, -0.2) is 0 Å². The average molecular weight is 262 g/mol. The van der Waals surface area contributed by atoms with Gasteiger partial charge in [0.2, 0.25) is 0 Å². The Morgan fingerprint density at radius 2 is 2.24 bits per heavy atom. The van der Waals surface area contributed by atoms with Crippen LogP contribution in [0.5, 0.6) is 0 Å². The first-order chi connectivity index (χ1) is 7.52. The van der Waals surface area contributed by atoms with Crippen molar-refractivity contribution in [3.63, 3.8) is 0 Å². The van der Waals surface area contributed by atoms with Crippen LogP contribution in [-0.2, 0) is 0 Å². The molecule has 1 aromatic heterocycles. The highest BCUT2D eigenvalue weighted by Gasteiger charge is 2.16. The van der Waals surface area contributed by atoms with Gasteiger partial charge in [-0.1, -0.05) is 19.0 Å². The standard InChI is InChI=1S/C11H19N3O2.ClH/c1-8(2)9(12)4-6-14(3)11(15)10-5-7-16-13-10;/h5,7-9H,4,6,12H2,1-3H3;1H. The van der Waals surface area contributed by atoms with Crippen LogP contribution >= 0.6 is 12.4 Å². The van der Waals surface area contributed by atoms with Gasteiger partial charge < -0.3 is 15.2 Å². The van der Waals surface area contributed by atoms with Crippen LogP contribution in [0.3, 0.4) is 0 Å². The monoisotopic (exact) mass is 261 g/mol. The van der Waals surface area contributed by atoms with Crippen LogP contribution in [0, 0.1) is 5.92 Å². The van der Waals surface area contributed by atoms with E-state index in [1.54, 1.807) is 18.0 Å². The maximum Gasteiger partial charge on any atom is 0.275 e. The zero-order valence-corrected chi connectivity index (χ0v) is 11.2. The number of nitrogens with two attached hydrogens (primary N) is 1. The largest absolute Gasteiger partial charge is 0.364 e. The molecule has 0 radical (unpaired) electrons. The van der Waals surface area contributed by atoms with Gasteiger partial charge in [0.05, 0.1) is 0 Å². The topological polar surface area (TPSA) is 72.4 Å². The molecule has 0 aromatic carbocycles. The molecule has 1 rings (SSSR count). The summed E-state index contributed by atoms with van der Waals surface area (Å²) in [5, 5.41) is 3.60. The predicted octanol–water partition coefficient (Wildman–Crippen LogP) is 1.54. The molecule has 1 aromatic rings. The summed E-state index contributed by atoms with van der Waals surface area (Å²) in [6.07, 6.45) is 2.18. The summed E-state index contributed by atoms with van der Waals surface area (Å²) in [6.45, 7) is 4.78. The average Bonchev–Trinajstić information content (AvgIpc) is 2.77. The van der Waals surface area contributed by atoms with Gasteiger partial charge in [0.25, 0.3) is 5.91 Å². The molecule has 5 nitrogen and oxygen atoms in total. The van der Waals surface area contributed by atoms with Crippen LogP contribution in [0.25, 0.3) is 0 Å². The maximum absolute atomic E-state index is 11.8. The molecule has 0 aliphatic heterocycles. The fraction of sp³-hybridized carbons (Fsp3) is 0.636. The SMILES string of the molecule is CC(C)C(N)CCN(C)C(=O)c1ccon1.Cl. The van der Waals surface area contributed by atoms with E-state index in [1.165, 1.54) is 6.26 Å². The van der Waals surface area contributed by atoms with Crippen LogP contribution in [0.4, 0.5) is 0 Å². The van der Waals surface area contributed by atoms with Gasteiger partial charge in [0.1, 0.15) is 6.26 Å². The molecule has 0 saturated carbocycles. The number of hydrogen-bond acceptors (Lipinski definition) is 4. The van der Waals surface area contributed by atoms with Crippen molar-refractivity contribution < 1.29 is 9.32 Å². The van der Waals surface area contributed by atoms with Crippen LogP contribution < -0.4 is 5.73 Å². The molecular formula is C11H20ClN3O2. The minimum Gasteiger partial charge on any atom is -0.364 e. The van der Waals surface area contributed by atoms with E-state index in [-0.39, 0.29) is 24.4 Å². The number of amides is 1. The van der Waals surface area contributed by atoms with E-state index < -0.39 is 0 Å². The second kappa shape index (κ2) is 7.29. The Morgan fingerprint density at radius 1 is 1.59 bits per heavy atom.